The molecule has 4 nitrogen and oxygen atoms in total. The van der Waals surface area contributed by atoms with E-state index in [0.29, 0.717) is 6.54 Å². The average molecular weight is 310 g/mol. The molecule has 1 aliphatic heterocycles. The van der Waals surface area contributed by atoms with Crippen LogP contribution in [0.4, 0.5) is 0 Å². The van der Waals surface area contributed by atoms with Crippen molar-refractivity contribution >= 4 is 5.91 Å². The van der Waals surface area contributed by atoms with Crippen LogP contribution in [0.1, 0.15) is 24.2 Å². The predicted molar refractivity (Wildman–Crippen MR) is 89.6 cm³/mol. The van der Waals surface area contributed by atoms with E-state index >= 15 is 0 Å². The van der Waals surface area contributed by atoms with Gasteiger partial charge in [0.15, 0.2) is 6.23 Å². The number of benzene rings is 2. The smallest absolute Gasteiger partial charge is 0.266 e. The fourth-order valence-corrected chi connectivity index (χ4v) is 2.85. The number of morpholine rings is 1. The molecule has 0 spiro atoms. The molecular formula is C19H22N2O2. The van der Waals surface area contributed by atoms with Gasteiger partial charge >= 0.3 is 0 Å². The third-order valence-corrected chi connectivity index (χ3v) is 4.37. The lowest BCUT2D eigenvalue weighted by atomic mass is 10.0. The van der Waals surface area contributed by atoms with E-state index in [2.05, 4.69) is 5.32 Å². The zero-order chi connectivity index (χ0) is 16.2. The fraction of sp³-hybridized carbons (Fsp3) is 0.316. The van der Waals surface area contributed by atoms with Crippen molar-refractivity contribution in [1.29, 1.82) is 0 Å². The Morgan fingerprint density at radius 3 is 2.30 bits per heavy atom. The van der Waals surface area contributed by atoms with Gasteiger partial charge in [-0.2, -0.15) is 0 Å². The number of nitrogens with one attached hydrogen (secondary N) is 1. The molecule has 1 saturated heterocycles. The Labute approximate surface area is 137 Å². The van der Waals surface area contributed by atoms with Crippen molar-refractivity contribution in [2.75, 3.05) is 7.05 Å². The van der Waals surface area contributed by atoms with Crippen molar-refractivity contribution in [3.8, 4) is 0 Å². The maximum absolute atomic E-state index is 12.5. The molecule has 0 aromatic heterocycles. The molecule has 0 radical (unpaired) electrons. The third kappa shape index (κ3) is 3.44. The van der Waals surface area contributed by atoms with Gasteiger partial charge in [-0.25, -0.2) is 0 Å². The lowest BCUT2D eigenvalue weighted by Crippen LogP contribution is -2.56. The van der Waals surface area contributed by atoms with Crippen molar-refractivity contribution < 1.29 is 9.53 Å². The van der Waals surface area contributed by atoms with Crippen molar-refractivity contribution in [1.82, 2.24) is 10.2 Å². The van der Waals surface area contributed by atoms with Crippen molar-refractivity contribution in [3.63, 3.8) is 0 Å². The van der Waals surface area contributed by atoms with Crippen LogP contribution >= 0.6 is 0 Å². The summed E-state index contributed by atoms with van der Waals surface area (Å²) in [5.41, 5.74) is 2.22. The average Bonchev–Trinajstić information content (AvgIpc) is 2.61. The first kappa shape index (κ1) is 15.7. The van der Waals surface area contributed by atoms with E-state index in [4.69, 9.17) is 4.74 Å². The lowest BCUT2D eigenvalue weighted by Gasteiger charge is -2.41. The first-order valence-electron chi connectivity index (χ1n) is 7.91. The van der Waals surface area contributed by atoms with Gasteiger partial charge in [0.05, 0.1) is 6.04 Å². The van der Waals surface area contributed by atoms with Gasteiger partial charge in [0.1, 0.15) is 6.10 Å². The van der Waals surface area contributed by atoms with E-state index < -0.39 is 6.23 Å². The topological polar surface area (TPSA) is 41.6 Å². The fourth-order valence-electron chi connectivity index (χ4n) is 2.85. The highest BCUT2D eigenvalue weighted by Gasteiger charge is 2.38. The molecule has 0 unspecified atom stereocenters. The minimum atomic E-state index is -0.624. The maximum Gasteiger partial charge on any atom is 0.266 e. The van der Waals surface area contributed by atoms with Crippen molar-refractivity contribution in [2.24, 2.45) is 0 Å². The molecule has 0 bridgehead atoms. The monoisotopic (exact) mass is 310 g/mol. The second-order valence-corrected chi connectivity index (χ2v) is 5.90. The normalized spacial score (nSPS) is 24.7. The second kappa shape index (κ2) is 6.94. The molecule has 3 rings (SSSR count). The van der Waals surface area contributed by atoms with Gasteiger partial charge in [-0.3, -0.25) is 10.1 Å². The summed E-state index contributed by atoms with van der Waals surface area (Å²) in [6.45, 7) is 2.62. The van der Waals surface area contributed by atoms with Gasteiger partial charge in [0, 0.05) is 13.6 Å². The van der Waals surface area contributed by atoms with Crippen molar-refractivity contribution in [3.05, 3.63) is 71.8 Å². The number of nitrogens with zero attached hydrogens (tertiary/aromatic N) is 1. The van der Waals surface area contributed by atoms with Crippen LogP contribution in [0.2, 0.25) is 0 Å². The Hall–Kier alpha value is -2.17. The molecule has 120 valence electrons. The molecule has 1 amide bonds. The number of amides is 1. The Morgan fingerprint density at radius 1 is 1.04 bits per heavy atom. The minimum absolute atomic E-state index is 0.000301. The highest BCUT2D eigenvalue weighted by molar-refractivity contribution is 5.81. The molecule has 23 heavy (non-hydrogen) atoms. The van der Waals surface area contributed by atoms with Crippen LogP contribution in [0.15, 0.2) is 60.7 Å². The zero-order valence-corrected chi connectivity index (χ0v) is 13.5. The summed E-state index contributed by atoms with van der Waals surface area (Å²) in [6, 6.07) is 20.1. The highest BCUT2D eigenvalue weighted by atomic mass is 16.5. The van der Waals surface area contributed by atoms with Gasteiger partial charge < -0.3 is 9.64 Å². The largest absolute Gasteiger partial charge is 0.344 e. The van der Waals surface area contributed by atoms with E-state index in [0.717, 1.165) is 11.1 Å². The van der Waals surface area contributed by atoms with Crippen LogP contribution < -0.4 is 5.32 Å². The summed E-state index contributed by atoms with van der Waals surface area (Å²) in [4.78, 5) is 14.2. The maximum atomic E-state index is 12.5. The predicted octanol–water partition coefficient (Wildman–Crippen LogP) is 2.72. The lowest BCUT2D eigenvalue weighted by molar-refractivity contribution is -0.173. The summed E-state index contributed by atoms with van der Waals surface area (Å²) >= 11 is 0. The number of carbonyl (C=O) groups excluding carboxylic acids is 1. The third-order valence-electron chi connectivity index (χ3n) is 4.37. The Morgan fingerprint density at radius 2 is 1.65 bits per heavy atom. The molecule has 1 N–H and O–H groups in total. The molecule has 2 aromatic rings. The molecule has 1 heterocycles. The van der Waals surface area contributed by atoms with E-state index in [1.165, 1.54) is 0 Å². The summed E-state index contributed by atoms with van der Waals surface area (Å²) in [5, 5.41) is 3.22. The molecule has 0 aliphatic carbocycles. The van der Waals surface area contributed by atoms with Gasteiger partial charge in [-0.1, -0.05) is 60.7 Å². The molecule has 1 aliphatic rings. The van der Waals surface area contributed by atoms with E-state index in [1.54, 1.807) is 4.90 Å². The minimum Gasteiger partial charge on any atom is -0.344 e. The van der Waals surface area contributed by atoms with E-state index in [-0.39, 0.29) is 18.1 Å². The van der Waals surface area contributed by atoms with Gasteiger partial charge in [0.25, 0.3) is 5.91 Å². The molecule has 0 saturated carbocycles. The van der Waals surface area contributed by atoms with Crippen LogP contribution in [0.3, 0.4) is 0 Å². The van der Waals surface area contributed by atoms with Crippen molar-refractivity contribution in [2.45, 2.75) is 31.8 Å². The molecule has 1 fully saturated rings. The summed E-state index contributed by atoms with van der Waals surface area (Å²) in [7, 11) is 1.84. The van der Waals surface area contributed by atoms with Crippen LogP contribution in [0, 0.1) is 0 Å². The second-order valence-electron chi connectivity index (χ2n) is 5.90. The van der Waals surface area contributed by atoms with Crippen LogP contribution in [0.25, 0.3) is 0 Å². The van der Waals surface area contributed by atoms with Crippen LogP contribution in [-0.4, -0.2) is 30.1 Å². The van der Waals surface area contributed by atoms with E-state index in [9.17, 15) is 4.79 Å². The first-order valence-corrected chi connectivity index (χ1v) is 7.91. The Kier molecular flexibility index (Phi) is 4.74. The molecule has 2 aromatic carbocycles. The summed E-state index contributed by atoms with van der Waals surface area (Å²) in [5.74, 6) is -0.0272. The van der Waals surface area contributed by atoms with Crippen LogP contribution in [-0.2, 0) is 16.1 Å². The molecule has 4 heteroatoms. The Balaban J connectivity index is 1.73. The van der Waals surface area contributed by atoms with Crippen LogP contribution in [0.5, 0.6) is 0 Å². The first-order chi connectivity index (χ1) is 11.2. The van der Waals surface area contributed by atoms with Gasteiger partial charge in [0.2, 0.25) is 0 Å². The number of likely N-dealkylation sites (N-methyl/N-ethyl adjacent to an activating group) is 1. The zero-order valence-electron chi connectivity index (χ0n) is 13.5. The SMILES string of the molecule is C[C@H]1[C@H](c2ccccc2)O[C@@H](NCc2ccccc2)C(=O)N1C. The standard InChI is InChI=1S/C19H22N2O2/c1-14-17(16-11-7-4-8-12-16)23-18(19(22)21(14)2)20-13-15-9-5-3-6-10-15/h3-12,14,17-18,20H,13H2,1-2H3/t14-,17+,18+/m0/s1. The number of rotatable bonds is 4. The number of ether oxygens (including phenoxy) is 1. The summed E-state index contributed by atoms with van der Waals surface area (Å²) < 4.78 is 6.09. The number of hydrogen-bond acceptors (Lipinski definition) is 3. The molecular weight excluding hydrogens is 288 g/mol. The number of hydrogen-bond donors (Lipinski definition) is 1. The van der Waals surface area contributed by atoms with Gasteiger partial charge in [-0.05, 0) is 18.1 Å². The highest BCUT2D eigenvalue weighted by Crippen LogP contribution is 2.30. The quantitative estimate of drug-likeness (QED) is 0.944. The van der Waals surface area contributed by atoms with E-state index in [1.807, 2.05) is 74.6 Å². The number of carbonyl (C=O) groups is 1. The van der Waals surface area contributed by atoms with Gasteiger partial charge in [-0.15, -0.1) is 0 Å². The summed E-state index contributed by atoms with van der Waals surface area (Å²) in [6.07, 6.45) is -0.756. The molecule has 3 atom stereocenters. The Bertz CT molecular complexity index is 645.